The monoisotopic (exact) mass is 507 g/mol. The second-order valence-corrected chi connectivity index (χ2v) is 11.8. The van der Waals surface area contributed by atoms with Crippen LogP contribution in [0.1, 0.15) is 62.9 Å². The molecule has 1 aliphatic heterocycles. The van der Waals surface area contributed by atoms with Gasteiger partial charge in [0.2, 0.25) is 0 Å². The number of carbonyl (C=O) groups is 1. The zero-order chi connectivity index (χ0) is 26.3. The van der Waals surface area contributed by atoms with E-state index in [9.17, 15) is 13.2 Å². The fourth-order valence-electron chi connectivity index (χ4n) is 4.48. The van der Waals surface area contributed by atoms with Gasteiger partial charge in [0.15, 0.2) is 5.03 Å². The zero-order valence-corrected chi connectivity index (χ0v) is 22.1. The third-order valence-electron chi connectivity index (χ3n) is 7.21. The lowest BCUT2D eigenvalue weighted by Gasteiger charge is -2.36. The number of benzene rings is 1. The molecular weight excluding hydrogens is 474 g/mol. The molecule has 1 amide bonds. The van der Waals surface area contributed by atoms with Crippen LogP contribution in [0.2, 0.25) is 0 Å². The first kappa shape index (κ1) is 25.6. The molecule has 8 nitrogen and oxygen atoms in total. The molecule has 1 unspecified atom stereocenters. The van der Waals surface area contributed by atoms with Crippen LogP contribution in [0, 0.1) is 5.92 Å². The van der Waals surface area contributed by atoms with Gasteiger partial charge in [0.1, 0.15) is 11.6 Å². The summed E-state index contributed by atoms with van der Waals surface area (Å²) in [5.74, 6) is 0.509. The normalized spacial score (nSPS) is 17.4. The summed E-state index contributed by atoms with van der Waals surface area (Å²) in [4.78, 5) is 24.1. The molecule has 1 atom stereocenters. The molecule has 1 aromatic carbocycles. The van der Waals surface area contributed by atoms with Gasteiger partial charge in [0.25, 0.3) is 15.9 Å². The number of hydrogen-bond donors (Lipinski definition) is 2. The van der Waals surface area contributed by atoms with Crippen LogP contribution < -0.4 is 15.4 Å². The molecule has 2 aromatic heterocycles. The van der Waals surface area contributed by atoms with Crippen molar-refractivity contribution in [3.63, 3.8) is 0 Å². The van der Waals surface area contributed by atoms with E-state index in [-0.39, 0.29) is 21.9 Å². The first-order valence-corrected chi connectivity index (χ1v) is 13.6. The van der Waals surface area contributed by atoms with Crippen molar-refractivity contribution in [2.24, 2.45) is 5.92 Å². The summed E-state index contributed by atoms with van der Waals surface area (Å²) in [5, 5.41) is -0.319. The van der Waals surface area contributed by atoms with Gasteiger partial charge in [-0.1, -0.05) is 51.1 Å². The van der Waals surface area contributed by atoms with Crippen molar-refractivity contribution in [3.05, 3.63) is 65.9 Å². The number of nitrogens with two attached hydrogens (primary N) is 1. The number of rotatable bonds is 6. The molecule has 3 aromatic rings. The van der Waals surface area contributed by atoms with Crippen LogP contribution in [-0.2, 0) is 10.0 Å². The van der Waals surface area contributed by atoms with Crippen molar-refractivity contribution in [2.45, 2.75) is 57.5 Å². The van der Waals surface area contributed by atoms with Crippen LogP contribution in [0.4, 0.5) is 11.6 Å². The van der Waals surface area contributed by atoms with Gasteiger partial charge in [-0.2, -0.15) is 8.42 Å². The lowest BCUT2D eigenvalue weighted by Crippen LogP contribution is -2.43. The highest BCUT2D eigenvalue weighted by atomic mass is 32.2. The lowest BCUT2D eigenvalue weighted by molar-refractivity contribution is 0.0981. The molecule has 0 spiro atoms. The number of anilines is 2. The molecule has 36 heavy (non-hydrogen) atoms. The van der Waals surface area contributed by atoms with Gasteiger partial charge in [0, 0.05) is 23.8 Å². The molecular formula is C27H33N5O3S. The predicted octanol–water partition coefficient (Wildman–Crippen LogP) is 4.59. The highest BCUT2D eigenvalue weighted by Crippen LogP contribution is 2.39. The van der Waals surface area contributed by atoms with Crippen molar-refractivity contribution in [2.75, 3.05) is 17.2 Å². The smallest absolute Gasteiger partial charge is 0.281 e. The minimum absolute atomic E-state index is 0.0484. The maximum absolute atomic E-state index is 13.5. The second-order valence-electron chi connectivity index (χ2n) is 10.2. The fraction of sp³-hybridized carbons (Fsp3) is 0.370. The maximum Gasteiger partial charge on any atom is 0.281 e. The molecule has 0 radical (unpaired) electrons. The van der Waals surface area contributed by atoms with Gasteiger partial charge < -0.3 is 10.6 Å². The van der Waals surface area contributed by atoms with Crippen molar-refractivity contribution in [1.29, 1.82) is 0 Å². The van der Waals surface area contributed by atoms with E-state index in [1.165, 1.54) is 23.8 Å². The number of hydrogen-bond acceptors (Lipinski definition) is 7. The van der Waals surface area contributed by atoms with E-state index < -0.39 is 15.9 Å². The van der Waals surface area contributed by atoms with E-state index in [0.29, 0.717) is 24.2 Å². The molecule has 4 rings (SSSR count). The molecule has 1 fully saturated rings. The Bertz CT molecular complexity index is 1380. The van der Waals surface area contributed by atoms with Gasteiger partial charge in [-0.05, 0) is 61.4 Å². The van der Waals surface area contributed by atoms with Crippen LogP contribution in [0.25, 0.3) is 11.1 Å². The third kappa shape index (κ3) is 4.93. The van der Waals surface area contributed by atoms with Gasteiger partial charge in [0.05, 0.1) is 5.56 Å². The van der Waals surface area contributed by atoms with Crippen LogP contribution in [0.5, 0.6) is 0 Å². The van der Waals surface area contributed by atoms with Gasteiger partial charge in [-0.15, -0.1) is 0 Å². The van der Waals surface area contributed by atoms with Crippen LogP contribution >= 0.6 is 0 Å². The van der Waals surface area contributed by atoms with Crippen molar-refractivity contribution < 1.29 is 13.2 Å². The first-order chi connectivity index (χ1) is 16.9. The summed E-state index contributed by atoms with van der Waals surface area (Å²) < 4.78 is 28.1. The molecule has 190 valence electrons. The van der Waals surface area contributed by atoms with Crippen molar-refractivity contribution >= 4 is 27.6 Å². The predicted molar refractivity (Wildman–Crippen MR) is 142 cm³/mol. The van der Waals surface area contributed by atoms with Gasteiger partial charge >= 0.3 is 0 Å². The van der Waals surface area contributed by atoms with Crippen molar-refractivity contribution in [3.8, 4) is 11.1 Å². The van der Waals surface area contributed by atoms with E-state index in [1.807, 2.05) is 12.1 Å². The molecule has 3 heterocycles. The Morgan fingerprint density at radius 3 is 2.42 bits per heavy atom. The van der Waals surface area contributed by atoms with Crippen molar-refractivity contribution in [1.82, 2.24) is 14.7 Å². The average Bonchev–Trinajstić information content (AvgIpc) is 3.10. The minimum atomic E-state index is -4.24. The fourth-order valence-corrected chi connectivity index (χ4v) is 5.42. The van der Waals surface area contributed by atoms with E-state index in [0.717, 1.165) is 17.5 Å². The SMILES string of the molecule is CC(C)c1ccc(-c2cnc(N3CCC(C)C3(C)C)c(C(=O)NS(=O)(=O)c3cccc(N)n3)c2)cc1. The molecule has 1 saturated heterocycles. The third-order valence-corrected chi connectivity index (χ3v) is 8.44. The number of nitrogen functional groups attached to an aromatic ring is 1. The van der Waals surface area contributed by atoms with Gasteiger partial charge in [-0.3, -0.25) is 4.79 Å². The molecule has 0 saturated carbocycles. The first-order valence-electron chi connectivity index (χ1n) is 12.1. The summed E-state index contributed by atoms with van der Waals surface area (Å²) in [5.41, 5.74) is 8.41. The number of nitrogens with one attached hydrogen (secondary N) is 1. The zero-order valence-electron chi connectivity index (χ0n) is 21.3. The average molecular weight is 508 g/mol. The van der Waals surface area contributed by atoms with Crippen LogP contribution in [0.15, 0.2) is 59.8 Å². The van der Waals surface area contributed by atoms with E-state index >= 15 is 0 Å². The molecule has 9 heteroatoms. The quantitative estimate of drug-likeness (QED) is 0.501. The second kappa shape index (κ2) is 9.54. The molecule has 0 bridgehead atoms. The lowest BCUT2D eigenvalue weighted by atomic mass is 9.90. The highest BCUT2D eigenvalue weighted by molar-refractivity contribution is 7.90. The number of aromatic nitrogens is 2. The van der Waals surface area contributed by atoms with Gasteiger partial charge in [-0.25, -0.2) is 14.7 Å². The number of carbonyl (C=O) groups excluding carboxylic acids is 1. The Hall–Kier alpha value is -3.46. The summed E-state index contributed by atoms with van der Waals surface area (Å²) in [7, 11) is -4.24. The van der Waals surface area contributed by atoms with E-state index in [4.69, 9.17) is 10.7 Å². The number of pyridine rings is 2. The number of sulfonamides is 1. The minimum Gasteiger partial charge on any atom is -0.384 e. The van der Waals surface area contributed by atoms with E-state index in [1.54, 1.807) is 12.3 Å². The molecule has 0 aliphatic carbocycles. The highest BCUT2D eigenvalue weighted by Gasteiger charge is 2.41. The Morgan fingerprint density at radius 2 is 1.83 bits per heavy atom. The Balaban J connectivity index is 1.77. The topological polar surface area (TPSA) is 118 Å². The van der Waals surface area contributed by atoms with E-state index in [2.05, 4.69) is 61.4 Å². The number of amides is 1. The Kier molecular flexibility index (Phi) is 6.79. The number of nitrogens with zero attached hydrogens (tertiary/aromatic N) is 3. The molecule has 3 N–H and O–H groups in total. The maximum atomic E-state index is 13.5. The summed E-state index contributed by atoms with van der Waals surface area (Å²) >= 11 is 0. The van der Waals surface area contributed by atoms with Crippen LogP contribution in [0.3, 0.4) is 0 Å². The largest absolute Gasteiger partial charge is 0.384 e. The molecule has 1 aliphatic rings. The summed E-state index contributed by atoms with van der Waals surface area (Å²) in [6.45, 7) is 11.4. The Morgan fingerprint density at radius 1 is 1.14 bits per heavy atom. The Labute approximate surface area is 213 Å². The standard InChI is InChI=1S/C27H33N5O3S/c1-17(2)19-9-11-20(12-10-19)21-15-22(25(29-16-21)32-14-13-18(3)27(32,4)5)26(33)31-36(34,35)24-8-6-7-23(28)30-24/h6-12,15-18H,13-14H2,1-5H3,(H2,28,30)(H,31,33). The summed E-state index contributed by atoms with van der Waals surface area (Å²) in [6.07, 6.45) is 2.68. The van der Waals surface area contributed by atoms with Crippen LogP contribution in [-0.4, -0.2) is 36.4 Å². The summed E-state index contributed by atoms with van der Waals surface area (Å²) in [6, 6.07) is 14.0.